The van der Waals surface area contributed by atoms with Gasteiger partial charge in [-0.25, -0.2) is 4.98 Å². The summed E-state index contributed by atoms with van der Waals surface area (Å²) in [7, 11) is 0. The Labute approximate surface area is 243 Å². The fourth-order valence-corrected chi connectivity index (χ4v) is 5.43. The van der Waals surface area contributed by atoms with Crippen LogP contribution in [0.15, 0.2) is 93.4 Å². The molecule has 1 saturated heterocycles. The molecule has 5 rings (SSSR count). The number of piperazine rings is 1. The summed E-state index contributed by atoms with van der Waals surface area (Å²) in [5.74, 6) is 1.56. The molecular formula is C32H30N4O4S. The second kappa shape index (κ2) is 13.3. The number of ether oxygens (including phenoxy) is 1. The number of rotatable bonds is 9. The number of carbonyl (C=O) groups excluding carboxylic acids is 1. The van der Waals surface area contributed by atoms with Crippen molar-refractivity contribution in [2.45, 2.75) is 25.1 Å². The molecule has 0 aliphatic carbocycles. The molecule has 3 heterocycles. The Kier molecular flexibility index (Phi) is 9.14. The number of aromatic nitrogens is 1. The summed E-state index contributed by atoms with van der Waals surface area (Å²) in [5.41, 5.74) is 3.74. The molecule has 208 valence electrons. The Hall–Kier alpha value is -4.39. The van der Waals surface area contributed by atoms with Crippen molar-refractivity contribution >= 4 is 17.7 Å². The molecule has 0 bridgehead atoms. The fraction of sp³-hybridized carbons (Fsp3) is 0.250. The third kappa shape index (κ3) is 6.85. The largest absolute Gasteiger partial charge is 0.482 e. The molecule has 8 nitrogen and oxygen atoms in total. The zero-order chi connectivity index (χ0) is 28.6. The van der Waals surface area contributed by atoms with E-state index < -0.39 is 0 Å². The van der Waals surface area contributed by atoms with Crippen molar-refractivity contribution in [3.05, 3.63) is 112 Å². The van der Waals surface area contributed by atoms with E-state index >= 15 is 0 Å². The van der Waals surface area contributed by atoms with Crippen LogP contribution < -0.4 is 10.2 Å². The van der Waals surface area contributed by atoms with Crippen LogP contribution in [-0.4, -0.2) is 52.6 Å². The summed E-state index contributed by atoms with van der Waals surface area (Å²) in [5, 5.41) is 10.1. The molecule has 0 saturated carbocycles. The first-order chi connectivity index (χ1) is 20.1. The molecule has 0 radical (unpaired) electrons. The van der Waals surface area contributed by atoms with Gasteiger partial charge in [-0.05, 0) is 40.6 Å². The van der Waals surface area contributed by atoms with Crippen LogP contribution in [-0.2, 0) is 13.2 Å². The Morgan fingerprint density at radius 1 is 1.07 bits per heavy atom. The number of hydrogen-bond acceptors (Lipinski definition) is 8. The zero-order valence-electron chi connectivity index (χ0n) is 22.8. The number of amides is 1. The molecule has 41 heavy (non-hydrogen) atoms. The van der Waals surface area contributed by atoms with Crippen LogP contribution in [0.5, 0.6) is 5.75 Å². The van der Waals surface area contributed by atoms with Crippen molar-refractivity contribution in [2.24, 2.45) is 0 Å². The average Bonchev–Trinajstić information content (AvgIpc) is 3.01. The monoisotopic (exact) mass is 566 g/mol. The SMILES string of the molecule is CCSc1ncccc1C(=O)N1CCN(Cc2cc(=O)c(OCc3ccc(-c4ccccc4C#N)cc3)co2)CC1. The Morgan fingerprint density at radius 3 is 2.59 bits per heavy atom. The first-order valence-electron chi connectivity index (χ1n) is 13.5. The minimum Gasteiger partial charge on any atom is -0.482 e. The predicted octanol–water partition coefficient (Wildman–Crippen LogP) is 5.22. The summed E-state index contributed by atoms with van der Waals surface area (Å²) >= 11 is 1.57. The highest BCUT2D eigenvalue weighted by molar-refractivity contribution is 7.99. The Balaban J connectivity index is 1.13. The molecule has 0 N–H and O–H groups in total. The van der Waals surface area contributed by atoms with E-state index in [1.165, 1.54) is 12.3 Å². The van der Waals surface area contributed by atoms with Crippen molar-refractivity contribution in [1.82, 2.24) is 14.8 Å². The quantitative estimate of drug-likeness (QED) is 0.254. The van der Waals surface area contributed by atoms with Crippen molar-refractivity contribution in [1.29, 1.82) is 5.26 Å². The third-order valence-electron chi connectivity index (χ3n) is 6.88. The van der Waals surface area contributed by atoms with Gasteiger partial charge < -0.3 is 14.1 Å². The number of benzene rings is 2. The van der Waals surface area contributed by atoms with Crippen LogP contribution in [0.1, 0.15) is 34.2 Å². The zero-order valence-corrected chi connectivity index (χ0v) is 23.6. The second-order valence-electron chi connectivity index (χ2n) is 9.58. The van der Waals surface area contributed by atoms with Crippen LogP contribution in [0.25, 0.3) is 11.1 Å². The van der Waals surface area contributed by atoms with Gasteiger partial charge in [-0.15, -0.1) is 11.8 Å². The number of carbonyl (C=O) groups is 1. The summed E-state index contributed by atoms with van der Waals surface area (Å²) in [4.78, 5) is 34.2. The Bertz CT molecular complexity index is 1610. The van der Waals surface area contributed by atoms with E-state index in [4.69, 9.17) is 9.15 Å². The van der Waals surface area contributed by atoms with Gasteiger partial charge in [0.1, 0.15) is 23.7 Å². The molecule has 1 aliphatic heterocycles. The standard InChI is InChI=1S/C32H30N4O4S/c1-2-41-31-28(8-5-13-34-31)32(38)36-16-14-35(15-17-36)20-26-18-29(37)30(22-39-26)40-21-23-9-11-24(12-10-23)27-7-4-3-6-25(27)19-33/h3-13,18,22H,2,14-17,20-21H2,1H3. The lowest BCUT2D eigenvalue weighted by Gasteiger charge is -2.34. The molecule has 1 amide bonds. The van der Waals surface area contributed by atoms with E-state index in [1.807, 2.05) is 60.4 Å². The minimum absolute atomic E-state index is 0.00311. The average molecular weight is 567 g/mol. The lowest BCUT2D eigenvalue weighted by molar-refractivity contribution is 0.0615. The van der Waals surface area contributed by atoms with Crippen LogP contribution in [0.3, 0.4) is 0 Å². The van der Waals surface area contributed by atoms with E-state index in [-0.39, 0.29) is 23.7 Å². The molecule has 1 fully saturated rings. The molecule has 0 atom stereocenters. The van der Waals surface area contributed by atoms with Gasteiger partial charge in [0.15, 0.2) is 0 Å². The maximum Gasteiger partial charge on any atom is 0.256 e. The summed E-state index contributed by atoms with van der Waals surface area (Å²) in [6, 6.07) is 22.5. The van der Waals surface area contributed by atoms with E-state index in [0.717, 1.165) is 27.5 Å². The van der Waals surface area contributed by atoms with Gasteiger partial charge in [0, 0.05) is 38.4 Å². The van der Waals surface area contributed by atoms with Crippen LogP contribution in [0.2, 0.25) is 0 Å². The number of nitriles is 1. The third-order valence-corrected chi connectivity index (χ3v) is 7.77. The number of pyridine rings is 1. The van der Waals surface area contributed by atoms with Gasteiger partial charge in [-0.1, -0.05) is 49.4 Å². The van der Waals surface area contributed by atoms with E-state index in [1.54, 1.807) is 30.1 Å². The van der Waals surface area contributed by atoms with Gasteiger partial charge in [0.05, 0.1) is 23.7 Å². The van der Waals surface area contributed by atoms with Crippen LogP contribution >= 0.6 is 11.8 Å². The molecule has 0 spiro atoms. The topological polar surface area (TPSA) is 99.7 Å². The van der Waals surface area contributed by atoms with Crippen molar-refractivity contribution in [3.63, 3.8) is 0 Å². The minimum atomic E-state index is -0.239. The normalized spacial score (nSPS) is 13.5. The van der Waals surface area contributed by atoms with Gasteiger partial charge in [0.25, 0.3) is 5.91 Å². The van der Waals surface area contributed by atoms with Crippen molar-refractivity contribution in [2.75, 3.05) is 31.9 Å². The highest BCUT2D eigenvalue weighted by Crippen LogP contribution is 2.24. The second-order valence-corrected chi connectivity index (χ2v) is 10.8. The summed E-state index contributed by atoms with van der Waals surface area (Å²) < 4.78 is 11.5. The summed E-state index contributed by atoms with van der Waals surface area (Å²) in [6.45, 7) is 5.29. The maximum absolute atomic E-state index is 13.1. The molecule has 4 aromatic rings. The van der Waals surface area contributed by atoms with Crippen molar-refractivity contribution in [3.8, 4) is 22.9 Å². The van der Waals surface area contributed by atoms with Gasteiger partial charge in [-0.2, -0.15) is 5.26 Å². The number of nitrogens with zero attached hydrogens (tertiary/aromatic N) is 4. The smallest absolute Gasteiger partial charge is 0.256 e. The lowest BCUT2D eigenvalue weighted by Crippen LogP contribution is -2.48. The molecule has 2 aromatic carbocycles. The van der Waals surface area contributed by atoms with Crippen molar-refractivity contribution < 1.29 is 13.9 Å². The molecule has 0 unspecified atom stereocenters. The van der Waals surface area contributed by atoms with Gasteiger partial charge in [0.2, 0.25) is 11.2 Å². The maximum atomic E-state index is 13.1. The molecule has 1 aliphatic rings. The predicted molar refractivity (Wildman–Crippen MR) is 158 cm³/mol. The van der Waals surface area contributed by atoms with E-state index in [9.17, 15) is 14.9 Å². The number of thioether (sulfide) groups is 1. The molecular weight excluding hydrogens is 536 g/mol. The molecule has 2 aromatic heterocycles. The number of hydrogen-bond donors (Lipinski definition) is 0. The van der Waals surface area contributed by atoms with Gasteiger partial charge >= 0.3 is 0 Å². The van der Waals surface area contributed by atoms with Crippen LogP contribution in [0, 0.1) is 11.3 Å². The Morgan fingerprint density at radius 2 is 1.85 bits per heavy atom. The highest BCUT2D eigenvalue weighted by Gasteiger charge is 2.25. The first kappa shape index (κ1) is 28.1. The molecule has 9 heteroatoms. The lowest BCUT2D eigenvalue weighted by atomic mass is 9.99. The first-order valence-corrected chi connectivity index (χ1v) is 14.5. The van der Waals surface area contributed by atoms with Crippen LogP contribution in [0.4, 0.5) is 0 Å². The van der Waals surface area contributed by atoms with E-state index in [2.05, 4.69) is 16.0 Å². The highest BCUT2D eigenvalue weighted by atomic mass is 32.2. The van der Waals surface area contributed by atoms with E-state index in [0.29, 0.717) is 49.6 Å². The fourth-order valence-electron chi connectivity index (χ4n) is 4.71. The van der Waals surface area contributed by atoms with Gasteiger partial charge in [-0.3, -0.25) is 14.5 Å². The summed E-state index contributed by atoms with van der Waals surface area (Å²) in [6.07, 6.45) is 3.08.